The van der Waals surface area contributed by atoms with Crippen molar-refractivity contribution in [2.45, 2.75) is 51.4 Å². The summed E-state index contributed by atoms with van der Waals surface area (Å²) in [6, 6.07) is 16.3. The molecule has 2 atom stereocenters. The van der Waals surface area contributed by atoms with Gasteiger partial charge in [-0.25, -0.2) is 9.59 Å². The number of esters is 2. The Kier molecular flexibility index (Phi) is 6.01. The van der Waals surface area contributed by atoms with Gasteiger partial charge in [0.1, 0.15) is 11.6 Å². The van der Waals surface area contributed by atoms with Crippen molar-refractivity contribution in [3.8, 4) is 11.1 Å². The van der Waals surface area contributed by atoms with Crippen LogP contribution in [0.3, 0.4) is 0 Å². The predicted molar refractivity (Wildman–Crippen MR) is 108 cm³/mol. The van der Waals surface area contributed by atoms with Crippen molar-refractivity contribution in [2.24, 2.45) is 0 Å². The van der Waals surface area contributed by atoms with E-state index in [0.717, 1.165) is 11.1 Å². The van der Waals surface area contributed by atoms with Crippen LogP contribution in [0.5, 0.6) is 0 Å². The number of carbonyl (C=O) groups is 3. The van der Waals surface area contributed by atoms with Crippen LogP contribution in [0.4, 0.5) is 0 Å². The summed E-state index contributed by atoms with van der Waals surface area (Å²) < 4.78 is 10.9. The molecule has 2 aromatic carbocycles. The summed E-state index contributed by atoms with van der Waals surface area (Å²) in [4.78, 5) is 36.6. The Hall–Kier alpha value is -3.15. The topological polar surface area (TPSA) is 81.7 Å². The van der Waals surface area contributed by atoms with Crippen LogP contribution in [0.25, 0.3) is 11.1 Å². The van der Waals surface area contributed by atoms with Gasteiger partial charge in [0.15, 0.2) is 0 Å². The fourth-order valence-electron chi connectivity index (χ4n) is 3.08. The number of nitrogens with one attached hydrogen (secondary N) is 1. The molecule has 6 heteroatoms. The molecule has 0 aromatic heterocycles. The van der Waals surface area contributed by atoms with Crippen LogP contribution in [0, 0.1) is 0 Å². The molecule has 1 saturated heterocycles. The second-order valence-corrected chi connectivity index (χ2v) is 8.00. The summed E-state index contributed by atoms with van der Waals surface area (Å²) >= 11 is 0. The lowest BCUT2D eigenvalue weighted by Crippen LogP contribution is -2.37. The van der Waals surface area contributed by atoms with Gasteiger partial charge in [0.25, 0.3) is 0 Å². The monoisotopic (exact) mass is 395 g/mol. The molecule has 152 valence electrons. The molecule has 1 fully saturated rings. The summed E-state index contributed by atoms with van der Waals surface area (Å²) in [5, 5.41) is 2.56. The number of carbonyl (C=O) groups excluding carboxylic acids is 3. The lowest BCUT2D eigenvalue weighted by atomic mass is 10.0. The van der Waals surface area contributed by atoms with Gasteiger partial charge in [0, 0.05) is 12.0 Å². The first-order valence-electron chi connectivity index (χ1n) is 9.61. The van der Waals surface area contributed by atoms with Gasteiger partial charge in [-0.05, 0) is 38.3 Å². The molecule has 1 N–H and O–H groups in total. The largest absolute Gasteiger partial charge is 0.457 e. The maximum absolute atomic E-state index is 12.7. The maximum atomic E-state index is 12.7. The fourth-order valence-corrected chi connectivity index (χ4v) is 3.08. The van der Waals surface area contributed by atoms with Gasteiger partial charge >= 0.3 is 11.9 Å². The standard InChI is InChI=1S/C23H25NO5/c1-23(2,3)29-22(27)20(28-21(26)18-13-14-19(25)24-18)17-11-9-16(10-12-17)15-7-5-4-6-8-15/h4-12,18,20H,13-14H2,1-3H3,(H,24,25). The van der Waals surface area contributed by atoms with E-state index in [2.05, 4.69) is 5.32 Å². The van der Waals surface area contributed by atoms with Crippen molar-refractivity contribution in [1.82, 2.24) is 5.32 Å². The first-order chi connectivity index (χ1) is 13.7. The third-order valence-corrected chi connectivity index (χ3v) is 4.46. The van der Waals surface area contributed by atoms with Crippen molar-refractivity contribution < 1.29 is 23.9 Å². The zero-order valence-corrected chi connectivity index (χ0v) is 16.8. The molecule has 0 saturated carbocycles. The van der Waals surface area contributed by atoms with Crippen molar-refractivity contribution in [1.29, 1.82) is 0 Å². The third-order valence-electron chi connectivity index (χ3n) is 4.46. The minimum atomic E-state index is -1.20. The average molecular weight is 395 g/mol. The predicted octanol–water partition coefficient (Wildman–Crippen LogP) is 3.56. The first-order valence-corrected chi connectivity index (χ1v) is 9.61. The molecule has 29 heavy (non-hydrogen) atoms. The molecule has 1 amide bonds. The van der Waals surface area contributed by atoms with E-state index in [4.69, 9.17) is 9.47 Å². The number of hydrogen-bond donors (Lipinski definition) is 1. The smallest absolute Gasteiger partial charge is 0.352 e. The number of rotatable bonds is 5. The first kappa shape index (κ1) is 20.6. The molecule has 0 bridgehead atoms. The summed E-state index contributed by atoms with van der Waals surface area (Å²) in [6.45, 7) is 5.25. The second kappa shape index (κ2) is 8.47. The van der Waals surface area contributed by atoms with Crippen LogP contribution in [-0.2, 0) is 23.9 Å². The minimum absolute atomic E-state index is 0.201. The van der Waals surface area contributed by atoms with Gasteiger partial charge < -0.3 is 14.8 Å². The zero-order chi connectivity index (χ0) is 21.0. The quantitative estimate of drug-likeness (QED) is 0.783. The van der Waals surface area contributed by atoms with Crippen LogP contribution in [-0.4, -0.2) is 29.5 Å². The SMILES string of the molecule is CC(C)(C)OC(=O)C(OC(=O)C1CCC(=O)N1)c1ccc(-c2ccccc2)cc1. The van der Waals surface area contributed by atoms with E-state index in [1.165, 1.54) is 0 Å². The molecule has 3 rings (SSSR count). The highest BCUT2D eigenvalue weighted by Gasteiger charge is 2.35. The van der Waals surface area contributed by atoms with Crippen molar-refractivity contribution in [3.63, 3.8) is 0 Å². The summed E-state index contributed by atoms with van der Waals surface area (Å²) in [7, 11) is 0. The molecular formula is C23H25NO5. The molecule has 0 spiro atoms. The lowest BCUT2D eigenvalue weighted by Gasteiger charge is -2.25. The zero-order valence-electron chi connectivity index (χ0n) is 16.8. The van der Waals surface area contributed by atoms with Gasteiger partial charge in [-0.3, -0.25) is 4.79 Å². The Labute approximate surface area is 170 Å². The minimum Gasteiger partial charge on any atom is -0.457 e. The van der Waals surface area contributed by atoms with Crippen LogP contribution in [0.1, 0.15) is 45.3 Å². The lowest BCUT2D eigenvalue weighted by molar-refractivity contribution is -0.177. The Morgan fingerprint density at radius 2 is 1.62 bits per heavy atom. The van der Waals surface area contributed by atoms with Gasteiger partial charge in [-0.15, -0.1) is 0 Å². The molecular weight excluding hydrogens is 370 g/mol. The van der Waals surface area contributed by atoms with Gasteiger partial charge in [0.05, 0.1) is 0 Å². The molecule has 1 heterocycles. The number of benzene rings is 2. The maximum Gasteiger partial charge on any atom is 0.352 e. The van der Waals surface area contributed by atoms with Gasteiger partial charge in [-0.2, -0.15) is 0 Å². The third kappa shape index (κ3) is 5.44. The van der Waals surface area contributed by atoms with E-state index in [1.54, 1.807) is 32.9 Å². The van der Waals surface area contributed by atoms with Crippen LogP contribution < -0.4 is 5.32 Å². The molecule has 1 aliphatic rings. The molecule has 2 unspecified atom stereocenters. The van der Waals surface area contributed by atoms with Gasteiger partial charge in [-0.1, -0.05) is 54.6 Å². The molecule has 0 radical (unpaired) electrons. The van der Waals surface area contributed by atoms with Crippen molar-refractivity contribution >= 4 is 17.8 Å². The average Bonchev–Trinajstić information content (AvgIpc) is 3.12. The van der Waals surface area contributed by atoms with Crippen LogP contribution in [0.2, 0.25) is 0 Å². The summed E-state index contributed by atoms with van der Waals surface area (Å²) in [5.41, 5.74) is 1.80. The number of hydrogen-bond acceptors (Lipinski definition) is 5. The van der Waals surface area contributed by atoms with E-state index in [9.17, 15) is 14.4 Å². The fraction of sp³-hybridized carbons (Fsp3) is 0.348. The Morgan fingerprint density at radius 1 is 1.00 bits per heavy atom. The van der Waals surface area contributed by atoms with Crippen LogP contribution >= 0.6 is 0 Å². The van der Waals surface area contributed by atoms with Crippen molar-refractivity contribution in [2.75, 3.05) is 0 Å². The highest BCUT2D eigenvalue weighted by atomic mass is 16.6. The Bertz CT molecular complexity index is 884. The van der Waals surface area contributed by atoms with Crippen LogP contribution in [0.15, 0.2) is 54.6 Å². The van der Waals surface area contributed by atoms with Crippen molar-refractivity contribution in [3.05, 3.63) is 60.2 Å². The highest BCUT2D eigenvalue weighted by Crippen LogP contribution is 2.27. The molecule has 0 aliphatic carbocycles. The normalized spacial score (nSPS) is 17.3. The Balaban J connectivity index is 1.83. The molecule has 2 aromatic rings. The van der Waals surface area contributed by atoms with E-state index in [-0.39, 0.29) is 12.3 Å². The highest BCUT2D eigenvalue weighted by molar-refractivity contribution is 5.89. The Morgan fingerprint density at radius 3 is 2.17 bits per heavy atom. The van der Waals surface area contributed by atoms with Gasteiger partial charge in [0.2, 0.25) is 12.0 Å². The van der Waals surface area contributed by atoms with E-state index < -0.39 is 29.7 Å². The molecule has 1 aliphatic heterocycles. The second-order valence-electron chi connectivity index (χ2n) is 8.00. The number of amides is 1. The summed E-state index contributed by atoms with van der Waals surface area (Å²) in [5.74, 6) is -1.49. The number of ether oxygens (including phenoxy) is 2. The summed E-state index contributed by atoms with van der Waals surface area (Å²) in [6.07, 6.45) is -0.585. The van der Waals surface area contributed by atoms with E-state index in [0.29, 0.717) is 12.0 Å². The molecule has 6 nitrogen and oxygen atoms in total. The van der Waals surface area contributed by atoms with E-state index >= 15 is 0 Å². The van der Waals surface area contributed by atoms with E-state index in [1.807, 2.05) is 42.5 Å².